The molecular weight excluding hydrogens is 305 g/mol. The maximum atomic E-state index is 13.9. The van der Waals surface area contributed by atoms with Crippen LogP contribution in [-0.4, -0.2) is 27.8 Å². The predicted molar refractivity (Wildman–Crippen MR) is 91.1 cm³/mol. The summed E-state index contributed by atoms with van der Waals surface area (Å²) in [5.74, 6) is -0.692. The van der Waals surface area contributed by atoms with Gasteiger partial charge in [-0.1, -0.05) is 31.2 Å². The average molecular weight is 323 g/mol. The fraction of sp³-hybridized carbons (Fsp3) is 0.211. The zero-order chi connectivity index (χ0) is 17.1. The van der Waals surface area contributed by atoms with E-state index in [9.17, 15) is 9.18 Å². The van der Waals surface area contributed by atoms with Crippen molar-refractivity contribution in [2.24, 2.45) is 0 Å². The molecular formula is C19H18FN3O. The lowest BCUT2D eigenvalue weighted by atomic mass is 10.2. The molecule has 122 valence electrons. The van der Waals surface area contributed by atoms with E-state index >= 15 is 0 Å². The Bertz CT molecular complexity index is 877. The summed E-state index contributed by atoms with van der Waals surface area (Å²) in [6, 6.07) is 12.0. The van der Waals surface area contributed by atoms with Crippen molar-refractivity contribution in [3.63, 3.8) is 0 Å². The van der Waals surface area contributed by atoms with Crippen molar-refractivity contribution in [3.05, 3.63) is 71.4 Å². The Labute approximate surface area is 140 Å². The largest absolute Gasteiger partial charge is 0.334 e. The number of aryl methyl sites for hydroxylation is 1. The van der Waals surface area contributed by atoms with Crippen LogP contribution < -0.4 is 0 Å². The number of amides is 1. The predicted octanol–water partition coefficient (Wildman–Crippen LogP) is 3.60. The van der Waals surface area contributed by atoms with E-state index in [1.54, 1.807) is 31.3 Å². The van der Waals surface area contributed by atoms with Crippen molar-refractivity contribution >= 4 is 16.8 Å². The summed E-state index contributed by atoms with van der Waals surface area (Å²) < 4.78 is 13.9. The van der Waals surface area contributed by atoms with Gasteiger partial charge in [-0.2, -0.15) is 0 Å². The number of hydrogen-bond donors (Lipinski definition) is 0. The summed E-state index contributed by atoms with van der Waals surface area (Å²) in [7, 11) is 1.69. The molecule has 0 radical (unpaired) electrons. The Morgan fingerprint density at radius 2 is 2.00 bits per heavy atom. The topological polar surface area (TPSA) is 46.1 Å². The monoisotopic (exact) mass is 323 g/mol. The van der Waals surface area contributed by atoms with Gasteiger partial charge in [0.15, 0.2) is 0 Å². The molecule has 4 nitrogen and oxygen atoms in total. The van der Waals surface area contributed by atoms with E-state index in [1.807, 2.05) is 18.3 Å². The number of aromatic nitrogens is 2. The summed E-state index contributed by atoms with van der Waals surface area (Å²) in [4.78, 5) is 22.6. The number of rotatable bonds is 4. The molecule has 1 amide bonds. The smallest absolute Gasteiger partial charge is 0.272 e. The highest BCUT2D eigenvalue weighted by Gasteiger charge is 2.15. The number of carbonyl (C=O) groups excluding carboxylic acids is 1. The molecule has 0 saturated carbocycles. The second kappa shape index (κ2) is 6.74. The molecule has 0 spiro atoms. The number of pyridine rings is 2. The Morgan fingerprint density at radius 1 is 1.17 bits per heavy atom. The quantitative estimate of drug-likeness (QED) is 0.737. The molecule has 0 aliphatic heterocycles. The van der Waals surface area contributed by atoms with Crippen LogP contribution in [0.4, 0.5) is 4.39 Å². The van der Waals surface area contributed by atoms with Crippen LogP contribution in [0.25, 0.3) is 10.9 Å². The van der Waals surface area contributed by atoms with Gasteiger partial charge in [-0.15, -0.1) is 0 Å². The first-order valence-corrected chi connectivity index (χ1v) is 7.83. The molecule has 5 heteroatoms. The van der Waals surface area contributed by atoms with Gasteiger partial charge in [0.25, 0.3) is 5.91 Å². The van der Waals surface area contributed by atoms with Gasteiger partial charge in [-0.05, 0) is 30.2 Å². The third-order valence-corrected chi connectivity index (χ3v) is 3.93. The second-order valence-electron chi connectivity index (χ2n) is 5.68. The van der Waals surface area contributed by atoms with E-state index in [0.717, 1.165) is 17.7 Å². The van der Waals surface area contributed by atoms with Crippen LogP contribution in [0.2, 0.25) is 0 Å². The van der Waals surface area contributed by atoms with Crippen LogP contribution in [0.3, 0.4) is 0 Å². The zero-order valence-electron chi connectivity index (χ0n) is 13.7. The van der Waals surface area contributed by atoms with Crippen molar-refractivity contribution in [3.8, 4) is 0 Å². The van der Waals surface area contributed by atoms with Gasteiger partial charge < -0.3 is 4.90 Å². The summed E-state index contributed by atoms with van der Waals surface area (Å²) in [5, 5.41) is 0.672. The number of para-hydroxylation sites is 1. The fourth-order valence-corrected chi connectivity index (χ4v) is 2.50. The fourth-order valence-electron chi connectivity index (χ4n) is 2.50. The number of halogens is 1. The molecule has 24 heavy (non-hydrogen) atoms. The molecule has 2 aromatic heterocycles. The minimum absolute atomic E-state index is 0.210. The van der Waals surface area contributed by atoms with Gasteiger partial charge in [0.05, 0.1) is 12.2 Å². The summed E-state index contributed by atoms with van der Waals surface area (Å²) >= 11 is 0. The Morgan fingerprint density at radius 3 is 2.71 bits per heavy atom. The van der Waals surface area contributed by atoms with Gasteiger partial charge >= 0.3 is 0 Å². The van der Waals surface area contributed by atoms with E-state index in [2.05, 4.69) is 16.9 Å². The average Bonchev–Trinajstić information content (AvgIpc) is 2.62. The molecule has 0 fully saturated rings. The van der Waals surface area contributed by atoms with Crippen molar-refractivity contribution < 1.29 is 9.18 Å². The van der Waals surface area contributed by atoms with Crippen LogP contribution in [0.5, 0.6) is 0 Å². The van der Waals surface area contributed by atoms with Crippen molar-refractivity contribution in [2.75, 3.05) is 7.05 Å². The number of fused-ring (bicyclic) bond motifs is 1. The summed E-state index contributed by atoms with van der Waals surface area (Å²) in [6.45, 7) is 2.44. The highest BCUT2D eigenvalue weighted by atomic mass is 19.1. The standard InChI is InChI=1S/C19H18FN3O/c1-3-13-7-9-15(21-11-13)12-23(2)19(24)17-10-8-14-5-4-6-16(20)18(14)22-17/h4-11H,3,12H2,1-2H3. The maximum absolute atomic E-state index is 13.9. The van der Waals surface area contributed by atoms with Gasteiger partial charge in [-0.3, -0.25) is 9.78 Å². The van der Waals surface area contributed by atoms with Crippen molar-refractivity contribution in [2.45, 2.75) is 19.9 Å². The van der Waals surface area contributed by atoms with Gasteiger partial charge in [0, 0.05) is 18.6 Å². The maximum Gasteiger partial charge on any atom is 0.272 e. The molecule has 0 saturated heterocycles. The van der Waals surface area contributed by atoms with Crippen LogP contribution in [-0.2, 0) is 13.0 Å². The zero-order valence-corrected chi connectivity index (χ0v) is 13.7. The molecule has 0 unspecified atom stereocenters. The first-order valence-electron chi connectivity index (χ1n) is 7.83. The Balaban J connectivity index is 1.81. The van der Waals surface area contributed by atoms with Gasteiger partial charge in [-0.25, -0.2) is 9.37 Å². The third-order valence-electron chi connectivity index (χ3n) is 3.93. The first-order chi connectivity index (χ1) is 11.6. The van der Waals surface area contributed by atoms with Gasteiger partial charge in [0.2, 0.25) is 0 Å². The highest BCUT2D eigenvalue weighted by molar-refractivity contribution is 5.94. The Hall–Kier alpha value is -2.82. The molecule has 1 aromatic carbocycles. The van der Waals surface area contributed by atoms with Crippen LogP contribution in [0.1, 0.15) is 28.7 Å². The van der Waals surface area contributed by atoms with E-state index in [-0.39, 0.29) is 17.1 Å². The number of benzene rings is 1. The lowest BCUT2D eigenvalue weighted by Gasteiger charge is -2.16. The van der Waals surface area contributed by atoms with Crippen LogP contribution >= 0.6 is 0 Å². The molecule has 0 N–H and O–H groups in total. The lowest BCUT2D eigenvalue weighted by Crippen LogP contribution is -2.27. The minimum Gasteiger partial charge on any atom is -0.334 e. The van der Waals surface area contributed by atoms with Crippen molar-refractivity contribution in [1.82, 2.24) is 14.9 Å². The highest BCUT2D eigenvalue weighted by Crippen LogP contribution is 2.17. The molecule has 2 heterocycles. The van der Waals surface area contributed by atoms with E-state index in [1.165, 1.54) is 11.0 Å². The van der Waals surface area contributed by atoms with E-state index in [0.29, 0.717) is 11.9 Å². The lowest BCUT2D eigenvalue weighted by molar-refractivity contribution is 0.0778. The molecule has 0 aliphatic rings. The third kappa shape index (κ3) is 3.25. The molecule has 3 aromatic rings. The van der Waals surface area contributed by atoms with E-state index < -0.39 is 5.82 Å². The normalized spacial score (nSPS) is 10.8. The minimum atomic E-state index is -0.429. The SMILES string of the molecule is CCc1ccc(CN(C)C(=O)c2ccc3cccc(F)c3n2)nc1. The number of carbonyl (C=O) groups is 1. The first kappa shape index (κ1) is 16.1. The van der Waals surface area contributed by atoms with E-state index in [4.69, 9.17) is 0 Å². The number of hydrogen-bond acceptors (Lipinski definition) is 3. The Kier molecular flexibility index (Phi) is 4.51. The number of nitrogens with zero attached hydrogens (tertiary/aromatic N) is 3. The summed E-state index contributed by atoms with van der Waals surface area (Å²) in [6.07, 6.45) is 2.74. The molecule has 3 rings (SSSR count). The van der Waals surface area contributed by atoms with Crippen LogP contribution in [0, 0.1) is 5.82 Å². The van der Waals surface area contributed by atoms with Crippen molar-refractivity contribution in [1.29, 1.82) is 0 Å². The molecule has 0 aliphatic carbocycles. The summed E-state index contributed by atoms with van der Waals surface area (Å²) in [5.41, 5.74) is 2.39. The van der Waals surface area contributed by atoms with Crippen LogP contribution in [0.15, 0.2) is 48.7 Å². The van der Waals surface area contributed by atoms with Gasteiger partial charge in [0.1, 0.15) is 17.0 Å². The molecule has 0 atom stereocenters. The molecule has 0 bridgehead atoms. The second-order valence-corrected chi connectivity index (χ2v) is 5.68.